The van der Waals surface area contributed by atoms with Gasteiger partial charge < -0.3 is 5.11 Å². The number of hydrogen-bond donors (Lipinski definition) is 1. The maximum Gasteiger partial charge on any atom is 0.417 e. The third kappa shape index (κ3) is 4.04. The summed E-state index contributed by atoms with van der Waals surface area (Å²) in [6, 6.07) is 8.16. The highest BCUT2D eigenvalue weighted by atomic mass is 32.1. The number of aromatic carboxylic acids is 1. The van der Waals surface area contributed by atoms with Crippen molar-refractivity contribution in [2.24, 2.45) is 0 Å². The number of fused-ring (bicyclic) bond motifs is 1. The molecule has 4 rings (SSSR count). The summed E-state index contributed by atoms with van der Waals surface area (Å²) in [5.41, 5.74) is -4.55. The van der Waals surface area contributed by atoms with Gasteiger partial charge in [0.1, 0.15) is 5.69 Å². The number of alkyl halides is 6. The van der Waals surface area contributed by atoms with Crippen molar-refractivity contribution >= 4 is 33.4 Å². The zero-order valence-corrected chi connectivity index (χ0v) is 17.8. The maximum absolute atomic E-state index is 13.6. The molecule has 0 amide bonds. The Morgan fingerprint density at radius 1 is 0.941 bits per heavy atom. The number of aromatic nitrogens is 2. The van der Waals surface area contributed by atoms with Crippen LogP contribution in [-0.4, -0.2) is 26.8 Å². The molecule has 176 valence electrons. The van der Waals surface area contributed by atoms with E-state index >= 15 is 0 Å². The van der Waals surface area contributed by atoms with Gasteiger partial charge in [0, 0.05) is 10.4 Å². The van der Waals surface area contributed by atoms with Crippen LogP contribution < -0.4 is 0 Å². The largest absolute Gasteiger partial charge is 0.478 e. The highest BCUT2D eigenvalue weighted by molar-refractivity contribution is 7.19. The summed E-state index contributed by atoms with van der Waals surface area (Å²) in [6.07, 6.45) is -10.4. The maximum atomic E-state index is 13.6. The Kier molecular flexibility index (Phi) is 5.51. The first-order valence-corrected chi connectivity index (χ1v) is 10.3. The molecule has 0 fully saturated rings. The van der Waals surface area contributed by atoms with Crippen LogP contribution in [0.3, 0.4) is 0 Å². The molecule has 5 nitrogen and oxygen atoms in total. The Morgan fingerprint density at radius 3 is 2.00 bits per heavy atom. The van der Waals surface area contributed by atoms with Crippen molar-refractivity contribution < 1.29 is 41.0 Å². The Bertz CT molecular complexity index is 1400. The molecule has 0 bridgehead atoms. The Hall–Kier alpha value is -3.67. The Balaban J connectivity index is 1.96. The van der Waals surface area contributed by atoms with E-state index in [-0.39, 0.29) is 16.8 Å². The Morgan fingerprint density at radius 2 is 1.50 bits per heavy atom. The highest BCUT2D eigenvalue weighted by Gasteiger charge is 2.43. The van der Waals surface area contributed by atoms with Crippen LogP contribution in [0.4, 0.5) is 26.3 Å². The molecule has 4 aromatic rings. The molecule has 0 atom stereocenters. The molecule has 34 heavy (non-hydrogen) atoms. The average Bonchev–Trinajstić information content (AvgIpc) is 3.29. The number of carbonyl (C=O) groups is 2. The minimum atomic E-state index is -5.22. The molecule has 0 saturated heterocycles. The SMILES string of the molecule is Cc1cc2c(s1)c(-c1ccc(C(=O)O)cc1)nn2C(=O)c1c(C(F)(F)F)cccc1C(F)(F)F. The topological polar surface area (TPSA) is 72.2 Å². The van der Waals surface area contributed by atoms with Crippen LogP contribution in [-0.2, 0) is 12.4 Å². The van der Waals surface area contributed by atoms with Crippen molar-refractivity contribution in [2.45, 2.75) is 19.3 Å². The number of carboxylic acids is 1. The second-order valence-electron chi connectivity index (χ2n) is 7.24. The molecule has 0 aliphatic carbocycles. The van der Waals surface area contributed by atoms with Gasteiger partial charge in [0.2, 0.25) is 0 Å². The van der Waals surface area contributed by atoms with Crippen LogP contribution in [0.25, 0.3) is 21.5 Å². The van der Waals surface area contributed by atoms with E-state index < -0.39 is 40.9 Å². The van der Waals surface area contributed by atoms with Crippen LogP contribution in [0, 0.1) is 6.92 Å². The first-order chi connectivity index (χ1) is 15.8. The normalized spacial score (nSPS) is 12.3. The van der Waals surface area contributed by atoms with Gasteiger partial charge in [-0.05, 0) is 37.3 Å². The summed E-state index contributed by atoms with van der Waals surface area (Å²) in [4.78, 5) is 25.0. The van der Waals surface area contributed by atoms with Crippen LogP contribution >= 0.6 is 11.3 Å². The summed E-state index contributed by atoms with van der Waals surface area (Å²) in [6.45, 7) is 1.65. The van der Waals surface area contributed by atoms with Gasteiger partial charge >= 0.3 is 18.3 Å². The molecule has 2 aromatic heterocycles. The fraction of sp³-hybridized carbons (Fsp3) is 0.136. The van der Waals surface area contributed by atoms with E-state index in [0.29, 0.717) is 38.0 Å². The van der Waals surface area contributed by atoms with Crippen LogP contribution in [0.15, 0.2) is 48.5 Å². The van der Waals surface area contributed by atoms with E-state index in [2.05, 4.69) is 5.10 Å². The molecule has 0 aliphatic rings. The van der Waals surface area contributed by atoms with E-state index in [1.54, 1.807) is 6.92 Å². The lowest BCUT2D eigenvalue weighted by Crippen LogP contribution is -2.24. The lowest BCUT2D eigenvalue weighted by atomic mass is 9.99. The summed E-state index contributed by atoms with van der Waals surface area (Å²) in [5.74, 6) is -2.77. The van der Waals surface area contributed by atoms with Gasteiger partial charge in [-0.3, -0.25) is 4.79 Å². The summed E-state index contributed by atoms with van der Waals surface area (Å²) >= 11 is 1.14. The molecule has 0 radical (unpaired) electrons. The molecule has 0 saturated carbocycles. The predicted molar refractivity (Wildman–Crippen MR) is 111 cm³/mol. The van der Waals surface area contributed by atoms with E-state index in [0.717, 1.165) is 11.3 Å². The number of halogens is 6. The van der Waals surface area contributed by atoms with Gasteiger partial charge in [0.15, 0.2) is 0 Å². The fourth-order valence-corrected chi connectivity index (χ4v) is 4.50. The molecular formula is C22H12F6N2O3S. The molecule has 0 spiro atoms. The van der Waals surface area contributed by atoms with E-state index in [9.17, 15) is 35.9 Å². The second kappa shape index (κ2) is 7.97. The number of carbonyl (C=O) groups excluding carboxylic acids is 1. The molecule has 0 aliphatic heterocycles. The number of carboxylic acid groups (broad SMARTS) is 1. The molecule has 2 heterocycles. The summed E-state index contributed by atoms with van der Waals surface area (Å²) < 4.78 is 82.4. The van der Waals surface area contributed by atoms with Crippen LogP contribution in [0.5, 0.6) is 0 Å². The zero-order valence-electron chi connectivity index (χ0n) is 17.0. The first-order valence-electron chi connectivity index (χ1n) is 9.44. The third-order valence-electron chi connectivity index (χ3n) is 4.97. The molecular weight excluding hydrogens is 486 g/mol. The smallest absolute Gasteiger partial charge is 0.417 e. The van der Waals surface area contributed by atoms with Crippen molar-refractivity contribution in [3.63, 3.8) is 0 Å². The summed E-state index contributed by atoms with van der Waals surface area (Å²) in [7, 11) is 0. The second-order valence-corrected chi connectivity index (χ2v) is 8.50. The van der Waals surface area contributed by atoms with Crippen LogP contribution in [0.1, 0.15) is 36.7 Å². The zero-order chi connectivity index (χ0) is 25.0. The number of nitrogens with zero attached hydrogens (tertiary/aromatic N) is 2. The van der Waals surface area contributed by atoms with Gasteiger partial charge in [-0.1, -0.05) is 18.2 Å². The minimum Gasteiger partial charge on any atom is -0.478 e. The van der Waals surface area contributed by atoms with Crippen molar-refractivity contribution in [2.75, 3.05) is 0 Å². The average molecular weight is 498 g/mol. The van der Waals surface area contributed by atoms with Gasteiger partial charge in [0.05, 0.1) is 32.5 Å². The van der Waals surface area contributed by atoms with Crippen molar-refractivity contribution in [3.8, 4) is 11.3 Å². The monoisotopic (exact) mass is 498 g/mol. The number of rotatable bonds is 3. The number of thiophene rings is 1. The van der Waals surface area contributed by atoms with Crippen LogP contribution in [0.2, 0.25) is 0 Å². The number of benzene rings is 2. The Labute approximate surface area is 190 Å². The highest BCUT2D eigenvalue weighted by Crippen LogP contribution is 2.41. The van der Waals surface area contributed by atoms with Gasteiger partial charge in [-0.25, -0.2) is 4.79 Å². The quantitative estimate of drug-likeness (QED) is 0.328. The minimum absolute atomic E-state index is 0.0354. The van der Waals surface area contributed by atoms with Crippen molar-refractivity contribution in [1.82, 2.24) is 9.78 Å². The molecule has 0 unspecified atom stereocenters. The lowest BCUT2D eigenvalue weighted by Gasteiger charge is -2.17. The number of aryl methyl sites for hydroxylation is 1. The van der Waals surface area contributed by atoms with Gasteiger partial charge in [-0.15, -0.1) is 11.3 Å². The third-order valence-corrected chi connectivity index (χ3v) is 6.01. The van der Waals surface area contributed by atoms with E-state index in [1.165, 1.54) is 30.3 Å². The van der Waals surface area contributed by atoms with Gasteiger partial charge in [-0.2, -0.15) is 36.1 Å². The van der Waals surface area contributed by atoms with E-state index in [4.69, 9.17) is 5.11 Å². The van der Waals surface area contributed by atoms with Crippen molar-refractivity contribution in [1.29, 1.82) is 0 Å². The number of hydrogen-bond acceptors (Lipinski definition) is 4. The molecule has 2 aromatic carbocycles. The lowest BCUT2D eigenvalue weighted by molar-refractivity contribution is -0.143. The molecule has 1 N–H and O–H groups in total. The van der Waals surface area contributed by atoms with Gasteiger partial charge in [0.25, 0.3) is 5.91 Å². The standard InChI is InChI=1S/C22H12F6N2O3S/c1-10-9-15-18(34-10)17(11-5-7-12(8-6-11)20(32)33)29-30(15)19(31)16-13(21(23,24)25)3-2-4-14(16)22(26,27)28/h2-9H,1H3,(H,32,33). The molecule has 12 heteroatoms. The first kappa shape index (κ1) is 23.5. The predicted octanol–water partition coefficient (Wildman–Crippen LogP) is 6.50. The fourth-order valence-electron chi connectivity index (χ4n) is 3.50. The van der Waals surface area contributed by atoms with Crippen molar-refractivity contribution in [3.05, 3.63) is 75.7 Å². The summed E-state index contributed by atoms with van der Waals surface area (Å²) in [5, 5.41) is 13.1. The van der Waals surface area contributed by atoms with E-state index in [1.807, 2.05) is 0 Å².